The minimum Gasteiger partial charge on any atom is -0.497 e. The smallest absolute Gasteiger partial charge is 0.288 e. The zero-order chi connectivity index (χ0) is 16.2. The molecule has 1 aliphatic rings. The Kier molecular flexibility index (Phi) is 4.53. The van der Waals surface area contributed by atoms with Crippen molar-refractivity contribution < 1.29 is 13.9 Å². The highest BCUT2D eigenvalue weighted by Crippen LogP contribution is 2.31. The molecule has 0 unspecified atom stereocenters. The first kappa shape index (κ1) is 15.4. The van der Waals surface area contributed by atoms with Crippen molar-refractivity contribution in [3.8, 4) is 22.6 Å². The highest BCUT2D eigenvalue weighted by Gasteiger charge is 2.31. The molecule has 2 aromatic rings. The molecule has 0 saturated heterocycles. The van der Waals surface area contributed by atoms with Gasteiger partial charge in [-0.1, -0.05) is 0 Å². The van der Waals surface area contributed by atoms with Gasteiger partial charge in [-0.25, -0.2) is 4.98 Å². The maximum Gasteiger partial charge on any atom is 0.288 e. The van der Waals surface area contributed by atoms with E-state index < -0.39 is 0 Å². The Hall–Kier alpha value is -2.46. The van der Waals surface area contributed by atoms with E-state index in [0.29, 0.717) is 11.1 Å². The molecular formula is C16H15N3O3S. The van der Waals surface area contributed by atoms with E-state index in [0.717, 1.165) is 24.2 Å². The lowest BCUT2D eigenvalue weighted by atomic mass is 9.92. The van der Waals surface area contributed by atoms with Gasteiger partial charge in [-0.2, -0.15) is 5.26 Å². The fourth-order valence-electron chi connectivity index (χ4n) is 2.36. The Morgan fingerprint density at radius 2 is 2.17 bits per heavy atom. The van der Waals surface area contributed by atoms with Crippen LogP contribution in [0.3, 0.4) is 0 Å². The molecule has 3 rings (SSSR count). The molecule has 1 aromatic heterocycles. The first-order chi connectivity index (χ1) is 11.2. The zero-order valence-corrected chi connectivity index (χ0v) is 13.3. The van der Waals surface area contributed by atoms with E-state index >= 15 is 0 Å². The number of rotatable bonds is 5. The molecule has 6 nitrogen and oxygen atoms in total. The predicted octanol–water partition coefficient (Wildman–Crippen LogP) is 2.83. The summed E-state index contributed by atoms with van der Waals surface area (Å²) in [5.41, 5.74) is 0.777. The Morgan fingerprint density at radius 3 is 2.83 bits per heavy atom. The van der Waals surface area contributed by atoms with Crippen LogP contribution in [0.25, 0.3) is 11.5 Å². The van der Waals surface area contributed by atoms with Crippen molar-refractivity contribution >= 4 is 17.7 Å². The lowest BCUT2D eigenvalue weighted by Gasteiger charge is -2.33. The molecule has 0 atom stereocenters. The number of aromatic nitrogens is 1. The number of nitriles is 1. The maximum absolute atomic E-state index is 12.1. The Balaban J connectivity index is 1.60. The fraction of sp³-hybridized carbons (Fsp3) is 0.312. The average molecular weight is 329 g/mol. The minimum absolute atomic E-state index is 0.0999. The number of nitrogens with zero attached hydrogens (tertiary/aromatic N) is 2. The van der Waals surface area contributed by atoms with Crippen LogP contribution < -0.4 is 10.1 Å². The Labute approximate surface area is 137 Å². The van der Waals surface area contributed by atoms with Crippen molar-refractivity contribution in [2.75, 3.05) is 7.11 Å². The van der Waals surface area contributed by atoms with Gasteiger partial charge in [0.15, 0.2) is 0 Å². The topological polar surface area (TPSA) is 88.1 Å². The lowest BCUT2D eigenvalue weighted by molar-refractivity contribution is 0.0891. The lowest BCUT2D eigenvalue weighted by Crippen LogP contribution is -2.45. The van der Waals surface area contributed by atoms with Crippen molar-refractivity contribution in [1.29, 1.82) is 5.26 Å². The first-order valence-electron chi connectivity index (χ1n) is 7.15. The molecule has 1 saturated carbocycles. The largest absolute Gasteiger partial charge is 0.497 e. The van der Waals surface area contributed by atoms with E-state index in [-0.39, 0.29) is 17.7 Å². The van der Waals surface area contributed by atoms with E-state index in [1.807, 2.05) is 12.1 Å². The van der Waals surface area contributed by atoms with Gasteiger partial charge in [-0.3, -0.25) is 4.79 Å². The quantitative estimate of drug-likeness (QED) is 0.849. The second kappa shape index (κ2) is 6.75. The van der Waals surface area contributed by atoms with Crippen LogP contribution in [0.2, 0.25) is 0 Å². The summed E-state index contributed by atoms with van der Waals surface area (Å²) in [6.07, 6.45) is 3.04. The minimum atomic E-state index is -0.275. The van der Waals surface area contributed by atoms with Gasteiger partial charge in [0.2, 0.25) is 11.7 Å². The van der Waals surface area contributed by atoms with Crippen LogP contribution >= 0.6 is 11.8 Å². The van der Waals surface area contributed by atoms with E-state index in [1.165, 1.54) is 18.0 Å². The third-order valence-electron chi connectivity index (χ3n) is 3.72. The number of amides is 1. The van der Waals surface area contributed by atoms with Gasteiger partial charge in [0, 0.05) is 16.9 Å². The van der Waals surface area contributed by atoms with Crippen molar-refractivity contribution in [3.05, 3.63) is 36.2 Å². The summed E-state index contributed by atoms with van der Waals surface area (Å²) < 4.78 is 10.6. The van der Waals surface area contributed by atoms with E-state index in [2.05, 4.69) is 15.7 Å². The Morgan fingerprint density at radius 1 is 1.43 bits per heavy atom. The van der Waals surface area contributed by atoms with Gasteiger partial charge in [-0.15, -0.1) is 0 Å². The van der Waals surface area contributed by atoms with E-state index in [4.69, 9.17) is 14.4 Å². The van der Waals surface area contributed by atoms with Crippen LogP contribution in [-0.2, 0) is 0 Å². The number of benzene rings is 1. The van der Waals surface area contributed by atoms with Crippen LogP contribution in [0.1, 0.15) is 23.4 Å². The number of methoxy groups -OCH3 is 1. The normalized spacial score (nSPS) is 19.5. The van der Waals surface area contributed by atoms with Crippen molar-refractivity contribution in [2.24, 2.45) is 0 Å². The molecular weight excluding hydrogens is 314 g/mol. The number of ether oxygens (including phenoxy) is 1. The van der Waals surface area contributed by atoms with Gasteiger partial charge >= 0.3 is 0 Å². The van der Waals surface area contributed by atoms with Crippen molar-refractivity contribution in [3.63, 3.8) is 0 Å². The van der Waals surface area contributed by atoms with Gasteiger partial charge in [0.1, 0.15) is 11.2 Å². The molecule has 1 amide bonds. The molecule has 0 spiro atoms. The number of carbonyl (C=O) groups is 1. The summed E-state index contributed by atoms with van der Waals surface area (Å²) in [6.45, 7) is 0. The van der Waals surface area contributed by atoms with Gasteiger partial charge < -0.3 is 14.5 Å². The number of hydrogen-bond acceptors (Lipinski definition) is 6. The molecule has 118 valence electrons. The highest BCUT2D eigenvalue weighted by atomic mass is 32.2. The SMILES string of the molecule is COc1ccc(-c2ncc(C(=O)NC3CC(SC#N)C3)o2)cc1. The second-order valence-electron chi connectivity index (χ2n) is 5.23. The van der Waals surface area contributed by atoms with Crippen molar-refractivity contribution in [2.45, 2.75) is 24.1 Å². The Bertz CT molecular complexity index is 730. The molecule has 1 fully saturated rings. The summed E-state index contributed by atoms with van der Waals surface area (Å²) in [4.78, 5) is 16.3. The summed E-state index contributed by atoms with van der Waals surface area (Å²) in [5.74, 6) is 1.05. The molecule has 1 N–H and O–H groups in total. The summed E-state index contributed by atoms with van der Waals surface area (Å²) in [6, 6.07) is 7.36. The number of thioether (sulfide) groups is 1. The van der Waals surface area contributed by atoms with Crippen LogP contribution in [-0.4, -0.2) is 29.3 Å². The third-order valence-corrected chi connectivity index (χ3v) is 4.54. The van der Waals surface area contributed by atoms with Gasteiger partial charge in [0.05, 0.1) is 13.3 Å². The summed E-state index contributed by atoms with van der Waals surface area (Å²) in [5, 5.41) is 13.9. The van der Waals surface area contributed by atoms with Crippen LogP contribution in [0.5, 0.6) is 5.75 Å². The monoisotopic (exact) mass is 329 g/mol. The number of hydrogen-bond donors (Lipinski definition) is 1. The number of oxazole rings is 1. The maximum atomic E-state index is 12.1. The summed E-state index contributed by atoms with van der Waals surface area (Å²) in [7, 11) is 1.60. The average Bonchev–Trinajstić information content (AvgIpc) is 3.03. The number of thiocyanates is 1. The van der Waals surface area contributed by atoms with Crippen molar-refractivity contribution in [1.82, 2.24) is 10.3 Å². The fourth-order valence-corrected chi connectivity index (χ4v) is 3.16. The molecule has 0 aliphatic heterocycles. The van der Waals surface area contributed by atoms with Gasteiger partial charge in [0.25, 0.3) is 5.91 Å². The predicted molar refractivity (Wildman–Crippen MR) is 86.0 cm³/mol. The molecule has 23 heavy (non-hydrogen) atoms. The van der Waals surface area contributed by atoms with Crippen LogP contribution in [0.4, 0.5) is 0 Å². The van der Waals surface area contributed by atoms with Crippen LogP contribution in [0, 0.1) is 10.7 Å². The molecule has 1 heterocycles. The van der Waals surface area contributed by atoms with Crippen LogP contribution in [0.15, 0.2) is 34.9 Å². The standard InChI is InChI=1S/C16H15N3O3S/c1-21-12-4-2-10(3-5-12)16-18-8-14(22-16)15(20)19-11-6-13(7-11)23-9-17/h2-5,8,11,13H,6-7H2,1H3,(H,19,20). The summed E-state index contributed by atoms with van der Waals surface area (Å²) >= 11 is 1.26. The molecule has 1 aliphatic carbocycles. The molecule has 0 bridgehead atoms. The molecule has 0 radical (unpaired) electrons. The van der Waals surface area contributed by atoms with E-state index in [1.54, 1.807) is 19.2 Å². The zero-order valence-electron chi connectivity index (χ0n) is 12.5. The van der Waals surface area contributed by atoms with E-state index in [9.17, 15) is 4.79 Å². The first-order valence-corrected chi connectivity index (χ1v) is 8.03. The highest BCUT2D eigenvalue weighted by molar-refractivity contribution is 8.04. The second-order valence-corrected chi connectivity index (χ2v) is 6.32. The molecule has 7 heteroatoms. The number of carbonyl (C=O) groups excluding carboxylic acids is 1. The molecule has 1 aromatic carbocycles. The number of nitrogens with one attached hydrogen (secondary N) is 1. The van der Waals surface area contributed by atoms with Gasteiger partial charge in [-0.05, 0) is 48.9 Å². The third kappa shape index (κ3) is 3.48.